The SMILES string of the molecule is CC(=O)Nc1cc(NC(C)=O)cc(C(=O)Nc2ccc(C(C)C)cc2)c1. The molecule has 0 saturated carbocycles. The summed E-state index contributed by atoms with van der Waals surface area (Å²) in [6.45, 7) is 6.96. The minimum atomic E-state index is -0.332. The molecule has 2 aromatic carbocycles. The van der Waals surface area contributed by atoms with Gasteiger partial charge >= 0.3 is 0 Å². The zero-order chi connectivity index (χ0) is 19.3. The molecule has 0 aliphatic carbocycles. The van der Waals surface area contributed by atoms with Gasteiger partial charge in [-0.1, -0.05) is 26.0 Å². The van der Waals surface area contributed by atoms with Gasteiger partial charge in [0.15, 0.2) is 0 Å². The molecule has 136 valence electrons. The first kappa shape index (κ1) is 19.2. The average Bonchev–Trinajstić information content (AvgIpc) is 2.53. The van der Waals surface area contributed by atoms with Crippen molar-refractivity contribution >= 4 is 34.8 Å². The highest BCUT2D eigenvalue weighted by Crippen LogP contribution is 2.22. The van der Waals surface area contributed by atoms with Crippen LogP contribution in [0.1, 0.15) is 49.5 Å². The molecule has 2 rings (SSSR count). The number of carbonyl (C=O) groups excluding carboxylic acids is 3. The van der Waals surface area contributed by atoms with E-state index in [0.717, 1.165) is 0 Å². The van der Waals surface area contributed by atoms with Gasteiger partial charge in [0.25, 0.3) is 5.91 Å². The molecule has 2 aromatic rings. The first-order valence-electron chi connectivity index (χ1n) is 8.36. The monoisotopic (exact) mass is 353 g/mol. The van der Waals surface area contributed by atoms with Crippen LogP contribution in [0.2, 0.25) is 0 Å². The molecule has 0 aromatic heterocycles. The minimum Gasteiger partial charge on any atom is -0.326 e. The van der Waals surface area contributed by atoms with Gasteiger partial charge in [0, 0.05) is 36.5 Å². The number of anilines is 3. The third kappa shape index (κ3) is 5.44. The Balaban J connectivity index is 2.25. The van der Waals surface area contributed by atoms with Crippen LogP contribution in [0.15, 0.2) is 42.5 Å². The Morgan fingerprint density at radius 2 is 1.23 bits per heavy atom. The van der Waals surface area contributed by atoms with Crippen LogP contribution < -0.4 is 16.0 Å². The van der Waals surface area contributed by atoms with E-state index in [1.165, 1.54) is 19.4 Å². The largest absolute Gasteiger partial charge is 0.326 e. The van der Waals surface area contributed by atoms with Crippen LogP contribution in [0.3, 0.4) is 0 Å². The van der Waals surface area contributed by atoms with Crippen LogP contribution in [-0.2, 0) is 9.59 Å². The minimum absolute atomic E-state index is 0.263. The maximum Gasteiger partial charge on any atom is 0.255 e. The standard InChI is InChI=1S/C20H23N3O3/c1-12(2)15-5-7-17(8-6-15)23-20(26)16-9-18(21-13(3)24)11-19(10-16)22-14(4)25/h5-12H,1-4H3,(H,21,24)(H,22,25)(H,23,26). The predicted octanol–water partition coefficient (Wildman–Crippen LogP) is 3.98. The first-order valence-corrected chi connectivity index (χ1v) is 8.36. The topological polar surface area (TPSA) is 87.3 Å². The quantitative estimate of drug-likeness (QED) is 0.760. The zero-order valence-corrected chi connectivity index (χ0v) is 15.3. The normalized spacial score (nSPS) is 10.3. The lowest BCUT2D eigenvalue weighted by atomic mass is 10.0. The van der Waals surface area contributed by atoms with E-state index in [-0.39, 0.29) is 17.7 Å². The third-order valence-electron chi connectivity index (χ3n) is 3.67. The molecule has 0 radical (unpaired) electrons. The lowest BCUT2D eigenvalue weighted by molar-refractivity contribution is -0.115. The van der Waals surface area contributed by atoms with E-state index in [2.05, 4.69) is 29.8 Å². The third-order valence-corrected chi connectivity index (χ3v) is 3.67. The second-order valence-corrected chi connectivity index (χ2v) is 6.39. The molecule has 0 saturated heterocycles. The summed E-state index contributed by atoms with van der Waals surface area (Å²) in [7, 11) is 0. The maximum absolute atomic E-state index is 12.6. The van der Waals surface area contributed by atoms with Crippen molar-refractivity contribution in [1.82, 2.24) is 0 Å². The molecule has 0 aliphatic rings. The van der Waals surface area contributed by atoms with Gasteiger partial charge in [-0.15, -0.1) is 0 Å². The lowest BCUT2D eigenvalue weighted by Gasteiger charge is -2.12. The Bertz CT molecular complexity index is 792. The molecule has 0 bridgehead atoms. The number of hydrogen-bond acceptors (Lipinski definition) is 3. The molecule has 0 aliphatic heterocycles. The van der Waals surface area contributed by atoms with Gasteiger partial charge in [-0.05, 0) is 41.8 Å². The highest BCUT2D eigenvalue weighted by molar-refractivity contribution is 6.06. The summed E-state index contributed by atoms with van der Waals surface area (Å²) in [6, 6.07) is 12.3. The van der Waals surface area contributed by atoms with Crippen molar-refractivity contribution in [1.29, 1.82) is 0 Å². The molecule has 0 spiro atoms. The fourth-order valence-corrected chi connectivity index (χ4v) is 2.46. The van der Waals surface area contributed by atoms with Crippen molar-refractivity contribution in [3.05, 3.63) is 53.6 Å². The number of rotatable bonds is 5. The molecule has 0 atom stereocenters. The van der Waals surface area contributed by atoms with Crippen molar-refractivity contribution < 1.29 is 14.4 Å². The summed E-state index contributed by atoms with van der Waals surface area (Å²) in [5, 5.41) is 8.08. The number of nitrogens with one attached hydrogen (secondary N) is 3. The van der Waals surface area contributed by atoms with Gasteiger partial charge in [-0.25, -0.2) is 0 Å². The lowest BCUT2D eigenvalue weighted by Crippen LogP contribution is -2.15. The number of carbonyl (C=O) groups is 3. The summed E-state index contributed by atoms with van der Waals surface area (Å²) in [5.41, 5.74) is 3.05. The molecule has 0 fully saturated rings. The van der Waals surface area contributed by atoms with Crippen LogP contribution in [0, 0.1) is 0 Å². The van der Waals surface area contributed by atoms with Gasteiger partial charge in [0.2, 0.25) is 11.8 Å². The van der Waals surface area contributed by atoms with Crippen LogP contribution in [-0.4, -0.2) is 17.7 Å². The molecule has 6 nitrogen and oxygen atoms in total. The second kappa shape index (κ2) is 8.29. The van der Waals surface area contributed by atoms with E-state index in [9.17, 15) is 14.4 Å². The zero-order valence-electron chi connectivity index (χ0n) is 15.3. The van der Waals surface area contributed by atoms with E-state index >= 15 is 0 Å². The van der Waals surface area contributed by atoms with Crippen LogP contribution in [0.25, 0.3) is 0 Å². The summed E-state index contributed by atoms with van der Waals surface area (Å²) >= 11 is 0. The van der Waals surface area contributed by atoms with Gasteiger partial charge in [-0.2, -0.15) is 0 Å². The number of hydrogen-bond donors (Lipinski definition) is 3. The van der Waals surface area contributed by atoms with E-state index in [1.807, 2.05) is 24.3 Å². The van der Waals surface area contributed by atoms with Gasteiger partial charge in [-0.3, -0.25) is 14.4 Å². The second-order valence-electron chi connectivity index (χ2n) is 6.39. The summed E-state index contributed by atoms with van der Waals surface area (Å²) in [6.07, 6.45) is 0. The molecular formula is C20H23N3O3. The molecule has 6 heteroatoms. The predicted molar refractivity (Wildman–Crippen MR) is 104 cm³/mol. The molecule has 3 N–H and O–H groups in total. The fraction of sp³-hybridized carbons (Fsp3) is 0.250. The van der Waals surface area contributed by atoms with Crippen LogP contribution in [0.4, 0.5) is 17.1 Å². The van der Waals surface area contributed by atoms with Crippen molar-refractivity contribution in [2.75, 3.05) is 16.0 Å². The first-order chi connectivity index (χ1) is 12.2. The molecule has 0 unspecified atom stereocenters. The van der Waals surface area contributed by atoms with Gasteiger partial charge in [0.1, 0.15) is 0 Å². The highest BCUT2D eigenvalue weighted by atomic mass is 16.2. The Labute approximate surface area is 153 Å². The average molecular weight is 353 g/mol. The van der Waals surface area contributed by atoms with E-state index in [0.29, 0.717) is 28.5 Å². The van der Waals surface area contributed by atoms with E-state index < -0.39 is 0 Å². The van der Waals surface area contributed by atoms with Crippen LogP contribution >= 0.6 is 0 Å². The number of benzene rings is 2. The Hall–Kier alpha value is -3.15. The van der Waals surface area contributed by atoms with E-state index in [1.54, 1.807) is 18.2 Å². The summed E-state index contributed by atoms with van der Waals surface area (Å²) in [4.78, 5) is 35.2. The van der Waals surface area contributed by atoms with Crippen molar-refractivity contribution in [3.63, 3.8) is 0 Å². The van der Waals surface area contributed by atoms with Crippen molar-refractivity contribution in [3.8, 4) is 0 Å². The fourth-order valence-electron chi connectivity index (χ4n) is 2.46. The maximum atomic E-state index is 12.6. The Kier molecular flexibility index (Phi) is 6.11. The van der Waals surface area contributed by atoms with Gasteiger partial charge < -0.3 is 16.0 Å². The molecule has 0 heterocycles. The molecule has 3 amide bonds. The molecular weight excluding hydrogens is 330 g/mol. The van der Waals surface area contributed by atoms with E-state index in [4.69, 9.17) is 0 Å². The van der Waals surface area contributed by atoms with Crippen molar-refractivity contribution in [2.45, 2.75) is 33.6 Å². The Morgan fingerprint density at radius 1 is 0.731 bits per heavy atom. The van der Waals surface area contributed by atoms with Crippen LogP contribution in [0.5, 0.6) is 0 Å². The summed E-state index contributed by atoms with van der Waals surface area (Å²) in [5.74, 6) is -0.448. The highest BCUT2D eigenvalue weighted by Gasteiger charge is 2.11. The molecule has 26 heavy (non-hydrogen) atoms. The van der Waals surface area contributed by atoms with Crippen molar-refractivity contribution in [2.24, 2.45) is 0 Å². The summed E-state index contributed by atoms with van der Waals surface area (Å²) < 4.78 is 0. The Morgan fingerprint density at radius 3 is 1.65 bits per heavy atom. The van der Waals surface area contributed by atoms with Gasteiger partial charge in [0.05, 0.1) is 0 Å². The number of amides is 3. The smallest absolute Gasteiger partial charge is 0.255 e.